The summed E-state index contributed by atoms with van der Waals surface area (Å²) in [6.45, 7) is 0.284. The molecule has 17 heavy (non-hydrogen) atoms. The normalized spacial score (nSPS) is 11.3. The molecule has 1 aromatic rings. The molecule has 0 aliphatic rings. The van der Waals surface area contributed by atoms with Crippen molar-refractivity contribution in [1.82, 2.24) is 0 Å². The van der Waals surface area contributed by atoms with E-state index in [-0.39, 0.29) is 11.3 Å². The van der Waals surface area contributed by atoms with Crippen LogP contribution in [0.4, 0.5) is 13.2 Å². The molecular weight excluding hydrogens is 237 g/mol. The molecule has 3 nitrogen and oxygen atoms in total. The van der Waals surface area contributed by atoms with Crippen LogP contribution in [0.2, 0.25) is 0 Å². The predicted octanol–water partition coefficient (Wildman–Crippen LogP) is 2.61. The van der Waals surface area contributed by atoms with E-state index in [9.17, 15) is 22.8 Å². The summed E-state index contributed by atoms with van der Waals surface area (Å²) in [4.78, 5) is 22.2. The van der Waals surface area contributed by atoms with Gasteiger partial charge in [0.05, 0.1) is 0 Å². The summed E-state index contributed by atoms with van der Waals surface area (Å²) < 4.78 is 38.5. The van der Waals surface area contributed by atoms with Crippen molar-refractivity contribution in [3.63, 3.8) is 0 Å². The topological polar surface area (TPSA) is 43.4 Å². The number of carbonyl (C=O) groups excluding carboxylic acids is 2. The van der Waals surface area contributed by atoms with E-state index in [4.69, 9.17) is 0 Å². The Balaban J connectivity index is 2.67. The third-order valence-electron chi connectivity index (χ3n) is 1.98. The molecule has 0 atom stereocenters. The molecule has 0 aromatic heterocycles. The maximum atomic E-state index is 11.7. The van der Waals surface area contributed by atoms with E-state index in [0.29, 0.717) is 5.56 Å². The van der Waals surface area contributed by atoms with Crippen LogP contribution in [0.15, 0.2) is 24.3 Å². The number of ketones is 2. The van der Waals surface area contributed by atoms with Crippen molar-refractivity contribution in [3.05, 3.63) is 35.4 Å². The van der Waals surface area contributed by atoms with Gasteiger partial charge >= 0.3 is 6.36 Å². The minimum absolute atomic E-state index is 0.0688. The third kappa shape index (κ3) is 4.36. The molecule has 0 saturated carbocycles. The molecule has 0 spiro atoms. The maximum absolute atomic E-state index is 11.7. The fraction of sp³-hybridized carbons (Fsp3) is 0.273. The van der Waals surface area contributed by atoms with Crippen LogP contribution in [-0.2, 0) is 4.74 Å². The van der Waals surface area contributed by atoms with E-state index in [0.717, 1.165) is 0 Å². The summed E-state index contributed by atoms with van der Waals surface area (Å²) in [5.74, 6) is -0.979. The van der Waals surface area contributed by atoms with Crippen molar-refractivity contribution in [2.24, 2.45) is 0 Å². The third-order valence-corrected chi connectivity index (χ3v) is 1.98. The Labute approximate surface area is 95.2 Å². The van der Waals surface area contributed by atoms with Gasteiger partial charge in [-0.2, -0.15) is 0 Å². The van der Waals surface area contributed by atoms with Gasteiger partial charge in [-0.05, 0) is 6.92 Å². The minimum atomic E-state index is -4.82. The fourth-order valence-electron chi connectivity index (χ4n) is 1.12. The molecule has 1 aromatic carbocycles. The smallest absolute Gasteiger partial charge is 0.295 e. The van der Waals surface area contributed by atoms with Gasteiger partial charge in [0.1, 0.15) is 6.61 Å². The lowest BCUT2D eigenvalue weighted by molar-refractivity contribution is -0.318. The van der Waals surface area contributed by atoms with Crippen molar-refractivity contribution in [2.45, 2.75) is 13.3 Å². The zero-order valence-corrected chi connectivity index (χ0v) is 8.88. The molecule has 0 aliphatic carbocycles. The number of ether oxygens (including phenoxy) is 1. The number of alkyl halides is 3. The van der Waals surface area contributed by atoms with Crippen molar-refractivity contribution in [3.8, 4) is 0 Å². The first-order chi connectivity index (χ1) is 7.79. The number of Topliss-reactive ketones (excluding diaryl/α,β-unsaturated/α-hetero) is 2. The Kier molecular flexibility index (Phi) is 4.01. The van der Waals surface area contributed by atoms with Crippen LogP contribution < -0.4 is 0 Å². The molecule has 0 radical (unpaired) electrons. The van der Waals surface area contributed by atoms with E-state index < -0.39 is 18.8 Å². The van der Waals surface area contributed by atoms with E-state index in [1.54, 1.807) is 0 Å². The van der Waals surface area contributed by atoms with Gasteiger partial charge < -0.3 is 0 Å². The lowest BCUT2D eigenvalue weighted by Gasteiger charge is -2.06. The lowest BCUT2D eigenvalue weighted by Crippen LogP contribution is -2.19. The molecular formula is C11H9F3O3. The molecule has 0 bridgehead atoms. The van der Waals surface area contributed by atoms with Gasteiger partial charge in [-0.3, -0.25) is 14.3 Å². The highest BCUT2D eigenvalue weighted by molar-refractivity contribution is 5.99. The number of carbonyl (C=O) groups is 2. The first-order valence-corrected chi connectivity index (χ1v) is 4.64. The van der Waals surface area contributed by atoms with Crippen LogP contribution in [0.5, 0.6) is 0 Å². The second-order valence-corrected chi connectivity index (χ2v) is 3.29. The van der Waals surface area contributed by atoms with Crippen LogP contribution in [-0.4, -0.2) is 24.5 Å². The van der Waals surface area contributed by atoms with Gasteiger partial charge in [-0.25, -0.2) is 0 Å². The average Bonchev–Trinajstić information content (AvgIpc) is 2.25. The Hall–Kier alpha value is -1.69. The zero-order chi connectivity index (χ0) is 13.1. The summed E-state index contributed by atoms with van der Waals surface area (Å²) >= 11 is 0. The molecule has 0 N–H and O–H groups in total. The van der Waals surface area contributed by atoms with Gasteiger partial charge in [0.25, 0.3) is 0 Å². The number of benzene rings is 1. The first-order valence-electron chi connectivity index (χ1n) is 4.64. The van der Waals surface area contributed by atoms with Crippen molar-refractivity contribution >= 4 is 11.6 Å². The molecule has 0 aliphatic heterocycles. The Morgan fingerprint density at radius 1 is 1.12 bits per heavy atom. The average molecular weight is 246 g/mol. The Morgan fingerprint density at radius 3 is 2.00 bits per heavy atom. The minimum Gasteiger partial charge on any atom is -0.295 e. The Morgan fingerprint density at radius 2 is 1.59 bits per heavy atom. The van der Waals surface area contributed by atoms with E-state index in [1.807, 2.05) is 0 Å². The second-order valence-electron chi connectivity index (χ2n) is 3.29. The Bertz CT molecular complexity index is 421. The highest BCUT2D eigenvalue weighted by Gasteiger charge is 2.30. The highest BCUT2D eigenvalue weighted by atomic mass is 19.4. The summed E-state index contributed by atoms with van der Waals surface area (Å²) in [5, 5.41) is 0. The van der Waals surface area contributed by atoms with E-state index in [1.165, 1.54) is 31.2 Å². The van der Waals surface area contributed by atoms with Crippen LogP contribution in [0.3, 0.4) is 0 Å². The van der Waals surface area contributed by atoms with Crippen molar-refractivity contribution < 1.29 is 27.5 Å². The highest BCUT2D eigenvalue weighted by Crippen LogP contribution is 2.16. The zero-order valence-electron chi connectivity index (χ0n) is 8.88. The standard InChI is InChI=1S/C11H9F3O3/c1-7(15)8-2-4-9(5-3-8)10(16)6-17-11(12,13)14/h2-5H,6H2,1H3. The molecule has 0 unspecified atom stereocenters. The first kappa shape index (κ1) is 13.4. The van der Waals surface area contributed by atoms with Crippen LogP contribution >= 0.6 is 0 Å². The number of hydrogen-bond acceptors (Lipinski definition) is 3. The summed E-state index contributed by atoms with van der Waals surface area (Å²) in [7, 11) is 0. The number of rotatable bonds is 4. The van der Waals surface area contributed by atoms with Gasteiger partial charge in [0.2, 0.25) is 0 Å². The van der Waals surface area contributed by atoms with E-state index in [2.05, 4.69) is 4.74 Å². The monoisotopic (exact) mass is 246 g/mol. The molecule has 6 heteroatoms. The van der Waals surface area contributed by atoms with Crippen LogP contribution in [0.25, 0.3) is 0 Å². The van der Waals surface area contributed by atoms with Gasteiger partial charge in [0, 0.05) is 11.1 Å². The van der Waals surface area contributed by atoms with Gasteiger partial charge in [-0.15, -0.1) is 13.2 Å². The van der Waals surface area contributed by atoms with Gasteiger partial charge in [-0.1, -0.05) is 24.3 Å². The molecule has 0 fully saturated rings. The van der Waals surface area contributed by atoms with Crippen LogP contribution in [0.1, 0.15) is 27.6 Å². The summed E-state index contributed by atoms with van der Waals surface area (Å²) in [6.07, 6.45) is -4.82. The van der Waals surface area contributed by atoms with Crippen LogP contribution in [0, 0.1) is 0 Å². The van der Waals surface area contributed by atoms with Crippen molar-refractivity contribution in [2.75, 3.05) is 6.61 Å². The number of hydrogen-bond donors (Lipinski definition) is 0. The SMILES string of the molecule is CC(=O)c1ccc(C(=O)COC(F)(F)F)cc1. The largest absolute Gasteiger partial charge is 0.522 e. The molecule has 0 heterocycles. The predicted molar refractivity (Wildman–Crippen MR) is 52.8 cm³/mol. The summed E-state index contributed by atoms with van der Waals surface area (Å²) in [5.41, 5.74) is 0.456. The molecule has 0 saturated heterocycles. The maximum Gasteiger partial charge on any atom is 0.522 e. The summed E-state index contributed by atoms with van der Waals surface area (Å²) in [6, 6.07) is 5.34. The lowest BCUT2D eigenvalue weighted by atomic mass is 10.1. The second kappa shape index (κ2) is 5.09. The molecule has 92 valence electrons. The quantitative estimate of drug-likeness (QED) is 0.767. The molecule has 1 rings (SSSR count). The van der Waals surface area contributed by atoms with Gasteiger partial charge in [0.15, 0.2) is 11.6 Å². The van der Waals surface area contributed by atoms with E-state index >= 15 is 0 Å². The molecule has 0 amide bonds. The van der Waals surface area contributed by atoms with Crippen molar-refractivity contribution in [1.29, 1.82) is 0 Å². The number of halogens is 3. The fourth-order valence-corrected chi connectivity index (χ4v) is 1.12.